The predicted molar refractivity (Wildman–Crippen MR) is 92.2 cm³/mol. The highest BCUT2D eigenvalue weighted by molar-refractivity contribution is 7.15. The van der Waals surface area contributed by atoms with Crippen LogP contribution in [0.2, 0.25) is 5.02 Å². The number of benzene rings is 1. The third kappa shape index (κ3) is 4.41. The summed E-state index contributed by atoms with van der Waals surface area (Å²) in [6, 6.07) is 7.78. The molecule has 0 spiro atoms. The molecule has 2 heterocycles. The van der Waals surface area contributed by atoms with Crippen LogP contribution in [0, 0.1) is 5.41 Å². The zero-order valence-corrected chi connectivity index (χ0v) is 14.4. The monoisotopic (exact) mass is 353 g/mol. The lowest BCUT2D eigenvalue weighted by Gasteiger charge is -2.26. The van der Waals surface area contributed by atoms with Gasteiger partial charge in [-0.1, -0.05) is 35.1 Å². The fourth-order valence-electron chi connectivity index (χ4n) is 2.75. The topological polar surface area (TPSA) is 67.3 Å². The molecular weight excluding hydrogens is 334 g/mol. The van der Waals surface area contributed by atoms with Gasteiger partial charge in [0.25, 0.3) is 0 Å². The van der Waals surface area contributed by atoms with Crippen molar-refractivity contribution >= 4 is 28.1 Å². The first-order valence-electron chi connectivity index (χ1n) is 7.68. The summed E-state index contributed by atoms with van der Waals surface area (Å²) in [5.41, 5.74) is 1.18. The molecule has 124 valence electrons. The van der Waals surface area contributed by atoms with Gasteiger partial charge in [-0.3, -0.25) is 0 Å². The number of ether oxygens (including phenoxy) is 1. The van der Waals surface area contributed by atoms with Gasteiger partial charge in [-0.15, -0.1) is 10.2 Å². The number of nitrogens with zero attached hydrogens (tertiary/aromatic N) is 2. The Bertz CT molecular complexity index is 627. The van der Waals surface area contributed by atoms with Gasteiger partial charge in [0.15, 0.2) is 0 Å². The number of hydrogen-bond donors (Lipinski definition) is 2. The summed E-state index contributed by atoms with van der Waals surface area (Å²) in [4.78, 5) is 0. The second-order valence-corrected chi connectivity index (χ2v) is 7.43. The number of rotatable bonds is 7. The van der Waals surface area contributed by atoms with Crippen LogP contribution in [-0.2, 0) is 11.2 Å². The van der Waals surface area contributed by atoms with Crippen molar-refractivity contribution in [2.75, 3.05) is 31.7 Å². The Hall–Kier alpha value is -1.21. The summed E-state index contributed by atoms with van der Waals surface area (Å²) < 4.78 is 5.50. The van der Waals surface area contributed by atoms with E-state index >= 15 is 0 Å². The van der Waals surface area contributed by atoms with Crippen LogP contribution in [0.3, 0.4) is 0 Å². The average Bonchev–Trinajstić information content (AvgIpc) is 3.18. The maximum Gasteiger partial charge on any atom is 0.205 e. The van der Waals surface area contributed by atoms with E-state index in [1.54, 1.807) is 11.3 Å². The van der Waals surface area contributed by atoms with Gasteiger partial charge in [0.1, 0.15) is 5.01 Å². The van der Waals surface area contributed by atoms with Crippen molar-refractivity contribution < 1.29 is 9.84 Å². The van der Waals surface area contributed by atoms with Crippen molar-refractivity contribution in [2.45, 2.75) is 19.3 Å². The van der Waals surface area contributed by atoms with E-state index in [-0.39, 0.29) is 12.0 Å². The smallest absolute Gasteiger partial charge is 0.205 e. The maximum atomic E-state index is 9.26. The van der Waals surface area contributed by atoms with Crippen LogP contribution in [0.5, 0.6) is 0 Å². The van der Waals surface area contributed by atoms with Crippen LogP contribution < -0.4 is 5.32 Å². The molecular formula is C16H20ClN3O2S. The molecule has 0 radical (unpaired) electrons. The number of anilines is 1. The lowest BCUT2D eigenvalue weighted by atomic mass is 9.84. The van der Waals surface area contributed by atoms with E-state index in [0.29, 0.717) is 6.61 Å². The molecule has 1 aromatic heterocycles. The van der Waals surface area contributed by atoms with E-state index < -0.39 is 0 Å². The third-order valence-electron chi connectivity index (χ3n) is 4.18. The molecule has 0 saturated carbocycles. The van der Waals surface area contributed by atoms with Crippen molar-refractivity contribution in [3.8, 4) is 0 Å². The molecule has 5 nitrogen and oxygen atoms in total. The number of aliphatic hydroxyl groups excluding tert-OH is 1. The molecule has 0 bridgehead atoms. The summed E-state index contributed by atoms with van der Waals surface area (Å²) in [6.07, 6.45) is 2.47. The van der Waals surface area contributed by atoms with E-state index in [1.807, 2.05) is 24.3 Å². The lowest BCUT2D eigenvalue weighted by Crippen LogP contribution is -2.31. The molecule has 0 aliphatic carbocycles. The standard InChI is InChI=1S/C16H20ClN3O2S/c17-13-3-1-12(2-4-13)9-14-19-20-15(23-14)18-10-16(5-7-21)6-8-22-11-16/h1-4,21H,5-11H2,(H,18,20). The molecule has 1 fully saturated rings. The van der Waals surface area contributed by atoms with Crippen LogP contribution in [-0.4, -0.2) is 41.7 Å². The number of hydrogen-bond acceptors (Lipinski definition) is 6. The van der Waals surface area contributed by atoms with Crippen molar-refractivity contribution in [1.82, 2.24) is 10.2 Å². The normalized spacial score (nSPS) is 20.8. The summed E-state index contributed by atoms with van der Waals surface area (Å²) in [6.45, 7) is 2.39. The molecule has 23 heavy (non-hydrogen) atoms. The Balaban J connectivity index is 1.57. The summed E-state index contributed by atoms with van der Waals surface area (Å²) in [7, 11) is 0. The van der Waals surface area contributed by atoms with E-state index in [1.165, 1.54) is 0 Å². The van der Waals surface area contributed by atoms with Gasteiger partial charge in [-0.05, 0) is 30.5 Å². The van der Waals surface area contributed by atoms with Gasteiger partial charge >= 0.3 is 0 Å². The first kappa shape index (κ1) is 16.6. The molecule has 3 rings (SSSR count). The van der Waals surface area contributed by atoms with Gasteiger partial charge in [0.2, 0.25) is 5.13 Å². The Kier molecular flexibility index (Phi) is 5.48. The number of aromatic nitrogens is 2. The van der Waals surface area contributed by atoms with Crippen molar-refractivity contribution in [1.29, 1.82) is 0 Å². The fraction of sp³-hybridized carbons (Fsp3) is 0.500. The molecule has 1 saturated heterocycles. The number of aliphatic hydroxyl groups is 1. The third-order valence-corrected chi connectivity index (χ3v) is 5.31. The van der Waals surface area contributed by atoms with Gasteiger partial charge < -0.3 is 15.2 Å². The van der Waals surface area contributed by atoms with Crippen LogP contribution >= 0.6 is 22.9 Å². The fourth-order valence-corrected chi connectivity index (χ4v) is 3.64. The Morgan fingerprint density at radius 1 is 1.30 bits per heavy atom. The summed E-state index contributed by atoms with van der Waals surface area (Å²) >= 11 is 7.46. The molecule has 1 aliphatic heterocycles. The van der Waals surface area contributed by atoms with Crippen LogP contribution in [0.15, 0.2) is 24.3 Å². The molecule has 7 heteroatoms. The minimum absolute atomic E-state index is 0.0107. The SMILES string of the molecule is OCCC1(CNc2nnc(Cc3ccc(Cl)cc3)s2)CCOC1. The van der Waals surface area contributed by atoms with E-state index in [2.05, 4.69) is 15.5 Å². The van der Waals surface area contributed by atoms with Crippen molar-refractivity contribution in [2.24, 2.45) is 5.41 Å². The molecule has 1 unspecified atom stereocenters. The molecule has 1 aliphatic rings. The second-order valence-electron chi connectivity index (χ2n) is 5.93. The molecule has 2 N–H and O–H groups in total. The molecule has 2 aromatic rings. The first-order valence-corrected chi connectivity index (χ1v) is 8.88. The number of halogens is 1. The predicted octanol–water partition coefficient (Wildman–Crippen LogP) is 2.98. The molecule has 0 amide bonds. The highest BCUT2D eigenvalue weighted by atomic mass is 35.5. The first-order chi connectivity index (χ1) is 11.2. The molecule has 1 atom stereocenters. The zero-order valence-electron chi connectivity index (χ0n) is 12.8. The maximum absolute atomic E-state index is 9.26. The van der Waals surface area contributed by atoms with Crippen molar-refractivity contribution in [3.05, 3.63) is 39.9 Å². The molecule has 1 aromatic carbocycles. The van der Waals surface area contributed by atoms with Crippen LogP contribution in [0.25, 0.3) is 0 Å². The minimum atomic E-state index is 0.0107. The van der Waals surface area contributed by atoms with Crippen LogP contribution in [0.4, 0.5) is 5.13 Å². The highest BCUT2D eigenvalue weighted by Crippen LogP contribution is 2.33. The largest absolute Gasteiger partial charge is 0.396 e. The van der Waals surface area contributed by atoms with E-state index in [4.69, 9.17) is 16.3 Å². The Morgan fingerprint density at radius 3 is 2.83 bits per heavy atom. The minimum Gasteiger partial charge on any atom is -0.396 e. The average molecular weight is 354 g/mol. The lowest BCUT2D eigenvalue weighted by molar-refractivity contribution is 0.133. The van der Waals surface area contributed by atoms with E-state index in [9.17, 15) is 5.11 Å². The summed E-state index contributed by atoms with van der Waals surface area (Å²) in [5.74, 6) is 0. The van der Waals surface area contributed by atoms with Gasteiger partial charge in [-0.2, -0.15) is 0 Å². The van der Waals surface area contributed by atoms with Gasteiger partial charge in [0, 0.05) is 36.6 Å². The van der Waals surface area contributed by atoms with Gasteiger partial charge in [0.05, 0.1) is 6.61 Å². The van der Waals surface area contributed by atoms with Crippen molar-refractivity contribution in [3.63, 3.8) is 0 Å². The quantitative estimate of drug-likeness (QED) is 0.801. The van der Waals surface area contributed by atoms with Gasteiger partial charge in [-0.25, -0.2) is 0 Å². The van der Waals surface area contributed by atoms with Crippen LogP contribution in [0.1, 0.15) is 23.4 Å². The second kappa shape index (κ2) is 7.57. The van der Waals surface area contributed by atoms with E-state index in [0.717, 1.165) is 53.1 Å². The summed E-state index contributed by atoms with van der Waals surface area (Å²) in [5, 5.41) is 23.6. The Morgan fingerprint density at radius 2 is 2.13 bits per heavy atom. The Labute approximate surface area is 144 Å². The number of nitrogens with one attached hydrogen (secondary N) is 1. The highest BCUT2D eigenvalue weighted by Gasteiger charge is 2.34. The zero-order chi connectivity index (χ0) is 16.1.